The van der Waals surface area contributed by atoms with Crippen molar-refractivity contribution in [3.05, 3.63) is 36.3 Å². The van der Waals surface area contributed by atoms with Gasteiger partial charge in [-0.3, -0.25) is 4.98 Å². The van der Waals surface area contributed by atoms with Crippen LogP contribution in [-0.4, -0.2) is 32.1 Å². The van der Waals surface area contributed by atoms with Crippen molar-refractivity contribution < 1.29 is 9.90 Å². The second-order valence-electron chi connectivity index (χ2n) is 5.13. The van der Waals surface area contributed by atoms with E-state index in [-0.39, 0.29) is 0 Å². The van der Waals surface area contributed by atoms with Crippen LogP contribution in [0, 0.1) is 6.92 Å². The Morgan fingerprint density at radius 2 is 2.05 bits per heavy atom. The van der Waals surface area contributed by atoms with E-state index in [2.05, 4.69) is 20.3 Å². The van der Waals surface area contributed by atoms with Crippen LogP contribution in [0.25, 0.3) is 11.4 Å². The van der Waals surface area contributed by atoms with Crippen LogP contribution in [0.5, 0.6) is 0 Å². The molecule has 116 valence electrons. The molecular weight excluding hydrogens is 280 g/mol. The van der Waals surface area contributed by atoms with Gasteiger partial charge in [0.2, 0.25) is 0 Å². The first-order valence-electron chi connectivity index (χ1n) is 7.35. The van der Waals surface area contributed by atoms with E-state index in [4.69, 9.17) is 0 Å². The molecule has 0 fully saturated rings. The van der Waals surface area contributed by atoms with Crippen molar-refractivity contribution in [2.45, 2.75) is 39.2 Å². The largest absolute Gasteiger partial charge is 0.480 e. The first-order valence-corrected chi connectivity index (χ1v) is 7.35. The number of nitrogens with one attached hydrogen (secondary N) is 1. The summed E-state index contributed by atoms with van der Waals surface area (Å²) in [5.41, 5.74) is 1.63. The average molecular weight is 300 g/mol. The van der Waals surface area contributed by atoms with E-state index >= 15 is 0 Å². The number of rotatable bonds is 7. The first kappa shape index (κ1) is 15.9. The number of carbonyl (C=O) groups is 1. The SMILES string of the molecule is CCCCC(Nc1cc(C)nc(-c2ccncc2)n1)C(=O)O. The third kappa shape index (κ3) is 4.25. The summed E-state index contributed by atoms with van der Waals surface area (Å²) in [5.74, 6) is 0.225. The Hall–Kier alpha value is -2.50. The van der Waals surface area contributed by atoms with Crippen LogP contribution in [0.1, 0.15) is 31.9 Å². The van der Waals surface area contributed by atoms with E-state index in [0.29, 0.717) is 18.1 Å². The highest BCUT2D eigenvalue weighted by Gasteiger charge is 2.17. The zero-order valence-corrected chi connectivity index (χ0v) is 12.8. The van der Waals surface area contributed by atoms with Crippen molar-refractivity contribution in [1.82, 2.24) is 15.0 Å². The summed E-state index contributed by atoms with van der Waals surface area (Å²) < 4.78 is 0. The fourth-order valence-corrected chi connectivity index (χ4v) is 2.12. The van der Waals surface area contributed by atoms with Gasteiger partial charge < -0.3 is 10.4 Å². The van der Waals surface area contributed by atoms with Gasteiger partial charge in [0.25, 0.3) is 0 Å². The molecule has 1 atom stereocenters. The molecule has 0 spiro atoms. The van der Waals surface area contributed by atoms with Gasteiger partial charge in [-0.1, -0.05) is 19.8 Å². The van der Waals surface area contributed by atoms with E-state index < -0.39 is 12.0 Å². The highest BCUT2D eigenvalue weighted by molar-refractivity contribution is 5.77. The highest BCUT2D eigenvalue weighted by atomic mass is 16.4. The predicted octanol–water partition coefficient (Wildman–Crippen LogP) is 2.90. The van der Waals surface area contributed by atoms with Crippen LogP contribution in [0.15, 0.2) is 30.6 Å². The lowest BCUT2D eigenvalue weighted by molar-refractivity contribution is -0.138. The normalized spacial score (nSPS) is 11.9. The molecular formula is C16H20N4O2. The first-order chi connectivity index (χ1) is 10.6. The number of aryl methyl sites for hydroxylation is 1. The van der Waals surface area contributed by atoms with Gasteiger partial charge in [0.05, 0.1) is 0 Å². The maximum Gasteiger partial charge on any atom is 0.326 e. The van der Waals surface area contributed by atoms with Crippen LogP contribution < -0.4 is 5.32 Å². The summed E-state index contributed by atoms with van der Waals surface area (Å²) in [6.07, 6.45) is 5.73. The molecule has 0 bridgehead atoms. The summed E-state index contributed by atoms with van der Waals surface area (Å²) in [7, 11) is 0. The highest BCUT2D eigenvalue weighted by Crippen LogP contribution is 2.18. The van der Waals surface area contributed by atoms with E-state index in [9.17, 15) is 9.90 Å². The third-order valence-corrected chi connectivity index (χ3v) is 3.26. The predicted molar refractivity (Wildman–Crippen MR) is 84.6 cm³/mol. The number of aliphatic carboxylic acids is 1. The molecule has 0 amide bonds. The zero-order valence-electron chi connectivity index (χ0n) is 12.8. The van der Waals surface area contributed by atoms with Crippen molar-refractivity contribution in [1.29, 1.82) is 0 Å². The molecule has 0 aliphatic heterocycles. The Kier molecular flexibility index (Phi) is 5.41. The molecule has 1 unspecified atom stereocenters. The monoisotopic (exact) mass is 300 g/mol. The van der Waals surface area contributed by atoms with Crippen LogP contribution >= 0.6 is 0 Å². The summed E-state index contributed by atoms with van der Waals surface area (Å²) in [6.45, 7) is 3.90. The maximum atomic E-state index is 11.3. The molecule has 0 saturated carbocycles. The maximum absolute atomic E-state index is 11.3. The zero-order chi connectivity index (χ0) is 15.9. The molecule has 2 N–H and O–H groups in total. The van der Waals surface area contributed by atoms with Crippen LogP contribution in [0.3, 0.4) is 0 Å². The number of aromatic nitrogens is 3. The Morgan fingerprint density at radius 1 is 1.32 bits per heavy atom. The second kappa shape index (κ2) is 7.49. The van der Waals surface area contributed by atoms with Gasteiger partial charge in [-0.25, -0.2) is 14.8 Å². The minimum Gasteiger partial charge on any atom is -0.480 e. The lowest BCUT2D eigenvalue weighted by Crippen LogP contribution is -2.29. The fraction of sp³-hybridized carbons (Fsp3) is 0.375. The number of nitrogens with zero attached hydrogens (tertiary/aromatic N) is 3. The molecule has 0 aromatic carbocycles. The quantitative estimate of drug-likeness (QED) is 0.817. The molecule has 2 rings (SSSR count). The summed E-state index contributed by atoms with van der Waals surface area (Å²) >= 11 is 0. The Balaban J connectivity index is 2.24. The van der Waals surface area contributed by atoms with Crippen LogP contribution in [0.2, 0.25) is 0 Å². The fourth-order valence-electron chi connectivity index (χ4n) is 2.12. The molecule has 0 aliphatic carbocycles. The molecule has 0 radical (unpaired) electrons. The van der Waals surface area contributed by atoms with Crippen LogP contribution in [0.4, 0.5) is 5.82 Å². The van der Waals surface area contributed by atoms with Gasteiger partial charge in [0.1, 0.15) is 11.9 Å². The molecule has 0 saturated heterocycles. The number of unbranched alkanes of at least 4 members (excludes halogenated alkanes) is 1. The molecule has 2 heterocycles. The van der Waals surface area contributed by atoms with Gasteiger partial charge in [-0.15, -0.1) is 0 Å². The van der Waals surface area contributed by atoms with Crippen molar-refractivity contribution in [3.63, 3.8) is 0 Å². The lowest BCUT2D eigenvalue weighted by Gasteiger charge is -2.15. The van der Waals surface area contributed by atoms with Gasteiger partial charge >= 0.3 is 5.97 Å². The number of hydrogen-bond acceptors (Lipinski definition) is 5. The molecule has 0 aliphatic rings. The van der Waals surface area contributed by atoms with E-state index in [0.717, 1.165) is 24.1 Å². The smallest absolute Gasteiger partial charge is 0.326 e. The number of pyridine rings is 1. The van der Waals surface area contributed by atoms with Gasteiger partial charge in [-0.2, -0.15) is 0 Å². The topological polar surface area (TPSA) is 88.0 Å². The van der Waals surface area contributed by atoms with E-state index in [1.165, 1.54) is 0 Å². The van der Waals surface area contributed by atoms with Crippen molar-refractivity contribution in [2.75, 3.05) is 5.32 Å². The number of hydrogen-bond donors (Lipinski definition) is 2. The molecule has 6 nitrogen and oxygen atoms in total. The minimum absolute atomic E-state index is 0.530. The minimum atomic E-state index is -0.866. The second-order valence-corrected chi connectivity index (χ2v) is 5.13. The summed E-state index contributed by atoms with van der Waals surface area (Å²) in [5, 5.41) is 12.3. The number of anilines is 1. The van der Waals surface area contributed by atoms with Gasteiger partial charge in [0, 0.05) is 29.7 Å². The van der Waals surface area contributed by atoms with Crippen LogP contribution in [-0.2, 0) is 4.79 Å². The Morgan fingerprint density at radius 3 is 2.68 bits per heavy atom. The van der Waals surface area contributed by atoms with Crippen molar-refractivity contribution >= 4 is 11.8 Å². The van der Waals surface area contributed by atoms with E-state index in [1.54, 1.807) is 18.5 Å². The average Bonchev–Trinajstić information content (AvgIpc) is 2.51. The van der Waals surface area contributed by atoms with Crippen molar-refractivity contribution in [2.24, 2.45) is 0 Å². The van der Waals surface area contributed by atoms with E-state index in [1.807, 2.05) is 26.0 Å². The number of carboxylic acid groups (broad SMARTS) is 1. The summed E-state index contributed by atoms with van der Waals surface area (Å²) in [6, 6.07) is 4.76. The number of carboxylic acids is 1. The molecule has 2 aromatic rings. The molecule has 22 heavy (non-hydrogen) atoms. The van der Waals surface area contributed by atoms with Crippen molar-refractivity contribution in [3.8, 4) is 11.4 Å². The van der Waals surface area contributed by atoms with Gasteiger partial charge in [0.15, 0.2) is 5.82 Å². The third-order valence-electron chi connectivity index (χ3n) is 3.26. The standard InChI is InChI=1S/C16H20N4O2/c1-3-4-5-13(16(21)22)19-14-10-11(2)18-15(20-14)12-6-8-17-9-7-12/h6-10,13H,3-5H2,1-2H3,(H,21,22)(H,18,19,20). The summed E-state index contributed by atoms with van der Waals surface area (Å²) in [4.78, 5) is 24.1. The van der Waals surface area contributed by atoms with Gasteiger partial charge in [-0.05, 0) is 25.5 Å². The molecule has 6 heteroatoms. The lowest BCUT2D eigenvalue weighted by atomic mass is 10.1. The Bertz CT molecular complexity index is 631. The molecule has 2 aromatic heterocycles. The Labute approximate surface area is 129 Å².